The number of methoxy groups -OCH3 is 1. The molecular formula is C26H26N2O6S. The number of esters is 1. The van der Waals surface area contributed by atoms with Crippen LogP contribution in [-0.2, 0) is 30.8 Å². The molecule has 182 valence electrons. The lowest BCUT2D eigenvalue weighted by atomic mass is 10.1. The molecule has 0 radical (unpaired) electrons. The molecule has 0 bridgehead atoms. The van der Waals surface area contributed by atoms with Gasteiger partial charge >= 0.3 is 5.97 Å². The minimum atomic E-state index is -3.71. The normalized spacial score (nSPS) is 15.1. The van der Waals surface area contributed by atoms with Crippen LogP contribution in [0, 0.1) is 6.92 Å². The Morgan fingerprint density at radius 1 is 1.03 bits per heavy atom. The molecule has 3 aromatic rings. The van der Waals surface area contributed by atoms with Crippen LogP contribution in [0.15, 0.2) is 77.7 Å². The molecule has 1 aliphatic heterocycles. The minimum absolute atomic E-state index is 0.0398. The quantitative estimate of drug-likeness (QED) is 0.488. The van der Waals surface area contributed by atoms with Crippen LogP contribution < -0.4 is 13.9 Å². The Morgan fingerprint density at radius 3 is 2.34 bits per heavy atom. The number of amides is 1. The molecule has 0 aliphatic carbocycles. The van der Waals surface area contributed by atoms with Crippen LogP contribution in [0.4, 0.5) is 11.4 Å². The maximum atomic E-state index is 13.2. The van der Waals surface area contributed by atoms with E-state index in [0.717, 1.165) is 5.56 Å². The summed E-state index contributed by atoms with van der Waals surface area (Å²) in [5.41, 5.74) is 2.74. The van der Waals surface area contributed by atoms with Gasteiger partial charge in [-0.25, -0.2) is 13.2 Å². The number of carbonyl (C=O) groups excluding carboxylic acids is 2. The second-order valence-electron chi connectivity index (χ2n) is 8.23. The predicted octanol–water partition coefficient (Wildman–Crippen LogP) is 3.33. The second kappa shape index (κ2) is 9.79. The lowest BCUT2D eigenvalue weighted by Crippen LogP contribution is -2.48. The molecule has 8 nitrogen and oxygen atoms in total. The fourth-order valence-electron chi connectivity index (χ4n) is 3.83. The maximum Gasteiger partial charge on any atom is 0.348 e. The summed E-state index contributed by atoms with van der Waals surface area (Å²) in [6.45, 7) is 1.93. The first-order valence-corrected chi connectivity index (χ1v) is 12.4. The summed E-state index contributed by atoms with van der Waals surface area (Å²) >= 11 is 0. The second-order valence-corrected chi connectivity index (χ2v) is 10.2. The van der Waals surface area contributed by atoms with E-state index in [4.69, 9.17) is 9.47 Å². The molecule has 35 heavy (non-hydrogen) atoms. The van der Waals surface area contributed by atoms with E-state index in [1.807, 2.05) is 6.92 Å². The number of sulfonamides is 1. The molecule has 0 fully saturated rings. The summed E-state index contributed by atoms with van der Waals surface area (Å²) < 4.78 is 37.6. The SMILES string of the molecule is COC(=O)[C@@H]1CN(C(=O)Cc2ccc(N(C)S(=O)(=O)c3ccc(C)cc3)cc2)c2ccccc2O1. The molecule has 0 N–H and O–H groups in total. The third-order valence-electron chi connectivity index (χ3n) is 5.87. The molecule has 0 unspecified atom stereocenters. The van der Waals surface area contributed by atoms with Crippen molar-refractivity contribution in [3.8, 4) is 5.75 Å². The number of rotatable bonds is 6. The molecule has 4 rings (SSSR count). The predicted molar refractivity (Wildman–Crippen MR) is 132 cm³/mol. The molecular weight excluding hydrogens is 468 g/mol. The standard InChI is InChI=1S/C26H26N2O6S/c1-18-8-14-21(15-9-18)35(31,32)27(2)20-12-10-19(11-13-20)16-25(29)28-17-24(26(30)33-3)34-23-7-5-4-6-22(23)28/h4-15,24H,16-17H2,1-3H3/t24-/m0/s1. The van der Waals surface area contributed by atoms with E-state index in [1.165, 1.54) is 23.4 Å². The summed E-state index contributed by atoms with van der Waals surface area (Å²) in [7, 11) is -0.945. The van der Waals surface area contributed by atoms with Crippen molar-refractivity contribution in [2.75, 3.05) is 29.9 Å². The Kier molecular flexibility index (Phi) is 6.79. The van der Waals surface area contributed by atoms with Crippen LogP contribution in [0.1, 0.15) is 11.1 Å². The van der Waals surface area contributed by atoms with Crippen molar-refractivity contribution in [2.45, 2.75) is 24.3 Å². The minimum Gasteiger partial charge on any atom is -0.475 e. The number of fused-ring (bicyclic) bond motifs is 1. The first-order chi connectivity index (χ1) is 16.7. The van der Waals surface area contributed by atoms with E-state index >= 15 is 0 Å². The lowest BCUT2D eigenvalue weighted by molar-refractivity contribution is -0.148. The van der Waals surface area contributed by atoms with Gasteiger partial charge in [0.1, 0.15) is 5.75 Å². The molecule has 9 heteroatoms. The summed E-state index contributed by atoms with van der Waals surface area (Å²) in [4.78, 5) is 27.0. The van der Waals surface area contributed by atoms with Gasteiger partial charge in [-0.05, 0) is 48.9 Å². The number of para-hydroxylation sites is 2. The van der Waals surface area contributed by atoms with Gasteiger partial charge in [0.2, 0.25) is 12.0 Å². The zero-order valence-corrected chi connectivity index (χ0v) is 20.5. The van der Waals surface area contributed by atoms with Gasteiger partial charge in [-0.15, -0.1) is 0 Å². The van der Waals surface area contributed by atoms with Crippen molar-refractivity contribution in [3.63, 3.8) is 0 Å². The summed E-state index contributed by atoms with van der Waals surface area (Å²) in [6, 6.07) is 20.5. The van der Waals surface area contributed by atoms with Gasteiger partial charge in [0.05, 0.1) is 36.3 Å². The molecule has 0 saturated carbocycles. The fourth-order valence-corrected chi connectivity index (χ4v) is 5.02. The highest BCUT2D eigenvalue weighted by atomic mass is 32.2. The Labute approximate surface area is 204 Å². The van der Waals surface area contributed by atoms with Gasteiger partial charge in [0.15, 0.2) is 0 Å². The van der Waals surface area contributed by atoms with Gasteiger partial charge in [-0.3, -0.25) is 9.10 Å². The zero-order chi connectivity index (χ0) is 25.2. The Bertz CT molecular complexity index is 1340. The monoisotopic (exact) mass is 494 g/mol. The smallest absolute Gasteiger partial charge is 0.348 e. The average Bonchev–Trinajstić information content (AvgIpc) is 2.87. The Hall–Kier alpha value is -3.85. The Morgan fingerprint density at radius 2 is 1.69 bits per heavy atom. The third-order valence-corrected chi connectivity index (χ3v) is 7.67. The van der Waals surface area contributed by atoms with Crippen LogP contribution >= 0.6 is 0 Å². The third kappa shape index (κ3) is 5.00. The van der Waals surface area contributed by atoms with Gasteiger partial charge in [-0.2, -0.15) is 0 Å². The highest BCUT2D eigenvalue weighted by Crippen LogP contribution is 2.34. The number of benzene rings is 3. The maximum absolute atomic E-state index is 13.2. The van der Waals surface area contributed by atoms with Crippen LogP contribution in [0.2, 0.25) is 0 Å². The first-order valence-electron chi connectivity index (χ1n) is 11.0. The lowest BCUT2D eigenvalue weighted by Gasteiger charge is -2.33. The highest BCUT2D eigenvalue weighted by molar-refractivity contribution is 7.92. The average molecular weight is 495 g/mol. The van der Waals surface area contributed by atoms with Crippen LogP contribution in [0.3, 0.4) is 0 Å². The van der Waals surface area contributed by atoms with E-state index in [9.17, 15) is 18.0 Å². The number of nitrogens with zero attached hydrogens (tertiary/aromatic N) is 2. The van der Waals surface area contributed by atoms with E-state index in [-0.39, 0.29) is 23.8 Å². The van der Waals surface area contributed by atoms with Crippen molar-refractivity contribution in [3.05, 3.63) is 83.9 Å². The highest BCUT2D eigenvalue weighted by Gasteiger charge is 2.34. The number of carbonyl (C=O) groups is 2. The topological polar surface area (TPSA) is 93.2 Å². The zero-order valence-electron chi connectivity index (χ0n) is 19.7. The van der Waals surface area contributed by atoms with Crippen molar-refractivity contribution in [2.24, 2.45) is 0 Å². The van der Waals surface area contributed by atoms with Crippen LogP contribution in [-0.4, -0.2) is 47.1 Å². The van der Waals surface area contributed by atoms with Gasteiger partial charge in [0.25, 0.3) is 10.0 Å². The van der Waals surface area contributed by atoms with Crippen LogP contribution in [0.25, 0.3) is 0 Å². The van der Waals surface area contributed by atoms with Crippen LogP contribution in [0.5, 0.6) is 5.75 Å². The van der Waals surface area contributed by atoms with E-state index in [1.54, 1.807) is 72.8 Å². The fraction of sp³-hybridized carbons (Fsp3) is 0.231. The summed E-state index contributed by atoms with van der Waals surface area (Å²) in [6.07, 6.45) is -0.849. The number of anilines is 2. The number of hydrogen-bond donors (Lipinski definition) is 0. The van der Waals surface area contributed by atoms with Gasteiger partial charge < -0.3 is 14.4 Å². The molecule has 1 heterocycles. The van der Waals surface area contributed by atoms with Gasteiger partial charge in [-0.1, -0.05) is 42.0 Å². The van der Waals surface area contributed by atoms with Crippen molar-refractivity contribution in [1.29, 1.82) is 0 Å². The summed E-state index contributed by atoms with van der Waals surface area (Å²) in [5, 5.41) is 0. The molecule has 0 spiro atoms. The molecule has 1 amide bonds. The van der Waals surface area contributed by atoms with Crippen molar-refractivity contribution in [1.82, 2.24) is 0 Å². The molecule has 1 aliphatic rings. The Balaban J connectivity index is 1.51. The van der Waals surface area contributed by atoms with E-state index in [2.05, 4.69) is 0 Å². The number of ether oxygens (including phenoxy) is 2. The molecule has 1 atom stereocenters. The van der Waals surface area contributed by atoms with Gasteiger partial charge in [0, 0.05) is 7.05 Å². The van der Waals surface area contributed by atoms with E-state index < -0.39 is 22.1 Å². The first kappa shape index (κ1) is 24.3. The molecule has 0 saturated heterocycles. The molecule has 0 aromatic heterocycles. The number of hydrogen-bond acceptors (Lipinski definition) is 6. The summed E-state index contributed by atoms with van der Waals surface area (Å²) in [5.74, 6) is -0.344. The number of aryl methyl sites for hydroxylation is 1. The largest absolute Gasteiger partial charge is 0.475 e. The van der Waals surface area contributed by atoms with Crippen molar-refractivity contribution < 1.29 is 27.5 Å². The van der Waals surface area contributed by atoms with Crippen molar-refractivity contribution >= 4 is 33.3 Å². The van der Waals surface area contributed by atoms with E-state index in [0.29, 0.717) is 22.7 Å². The molecule has 3 aromatic carbocycles.